The van der Waals surface area contributed by atoms with Gasteiger partial charge in [0.15, 0.2) is 0 Å². The highest BCUT2D eigenvalue weighted by atomic mass is 16.5. The van der Waals surface area contributed by atoms with E-state index in [2.05, 4.69) is 0 Å². The second-order valence-electron chi connectivity index (χ2n) is 6.53. The number of nitrogens with zero attached hydrogens (tertiary/aromatic N) is 1. The van der Waals surface area contributed by atoms with Crippen LogP contribution in [0.25, 0.3) is 0 Å². The number of aromatic carboxylic acids is 1. The van der Waals surface area contributed by atoms with Gasteiger partial charge in [-0.2, -0.15) is 0 Å². The maximum Gasteiger partial charge on any atom is 0.335 e. The number of rotatable bonds is 8. The lowest BCUT2D eigenvalue weighted by Gasteiger charge is -2.18. The van der Waals surface area contributed by atoms with E-state index in [9.17, 15) is 14.7 Å². The lowest BCUT2D eigenvalue weighted by molar-refractivity contribution is -0.130. The van der Waals surface area contributed by atoms with Crippen LogP contribution in [0.15, 0.2) is 48.5 Å². The number of hydrogen-bond donors (Lipinski definition) is 1. The fourth-order valence-electron chi connectivity index (χ4n) is 2.73. The minimum absolute atomic E-state index is 0.0274. The molecule has 1 N–H and O–H groups in total. The Morgan fingerprint density at radius 2 is 1.85 bits per heavy atom. The monoisotopic (exact) mass is 355 g/mol. The van der Waals surface area contributed by atoms with Crippen molar-refractivity contribution in [1.82, 2.24) is 4.90 Å². The Hall–Kier alpha value is -2.82. The average molecular weight is 355 g/mol. The van der Waals surface area contributed by atoms with Crippen molar-refractivity contribution < 1.29 is 19.4 Å². The van der Waals surface area contributed by atoms with Crippen LogP contribution in [0.3, 0.4) is 0 Å². The first-order chi connectivity index (χ1) is 12.4. The minimum atomic E-state index is -0.969. The Bertz CT molecular complexity index is 770. The van der Waals surface area contributed by atoms with Crippen molar-refractivity contribution in [1.29, 1.82) is 0 Å². The zero-order valence-corrected chi connectivity index (χ0v) is 15.4. The Balaban J connectivity index is 1.95. The molecule has 0 fully saturated rings. The van der Waals surface area contributed by atoms with E-state index in [1.165, 1.54) is 0 Å². The molecule has 0 saturated carbocycles. The third-order valence-electron chi connectivity index (χ3n) is 3.97. The molecule has 0 aromatic heterocycles. The van der Waals surface area contributed by atoms with Crippen LogP contribution in [0.2, 0.25) is 0 Å². The molecule has 26 heavy (non-hydrogen) atoms. The molecule has 2 rings (SSSR count). The number of benzene rings is 2. The molecule has 5 nitrogen and oxygen atoms in total. The highest BCUT2D eigenvalue weighted by Crippen LogP contribution is 2.17. The van der Waals surface area contributed by atoms with Gasteiger partial charge in [0.1, 0.15) is 5.75 Å². The van der Waals surface area contributed by atoms with Crippen molar-refractivity contribution in [3.05, 3.63) is 65.2 Å². The van der Waals surface area contributed by atoms with Crippen molar-refractivity contribution in [2.45, 2.75) is 39.3 Å². The highest BCUT2D eigenvalue weighted by molar-refractivity contribution is 5.89. The molecule has 0 bridgehead atoms. The summed E-state index contributed by atoms with van der Waals surface area (Å²) in [6, 6.07) is 14.5. The van der Waals surface area contributed by atoms with Crippen LogP contribution in [-0.4, -0.2) is 35.0 Å². The van der Waals surface area contributed by atoms with E-state index < -0.39 is 5.97 Å². The predicted octanol–water partition coefficient (Wildman–Crippen LogP) is 3.76. The van der Waals surface area contributed by atoms with Gasteiger partial charge in [0, 0.05) is 20.0 Å². The minimum Gasteiger partial charge on any atom is -0.491 e. The van der Waals surface area contributed by atoms with E-state index in [-0.39, 0.29) is 24.0 Å². The van der Waals surface area contributed by atoms with E-state index >= 15 is 0 Å². The summed E-state index contributed by atoms with van der Waals surface area (Å²) in [5.41, 5.74) is 1.92. The zero-order chi connectivity index (χ0) is 19.1. The molecule has 0 aliphatic rings. The van der Waals surface area contributed by atoms with Gasteiger partial charge in [-0.25, -0.2) is 4.79 Å². The van der Waals surface area contributed by atoms with Crippen LogP contribution in [0, 0.1) is 0 Å². The van der Waals surface area contributed by atoms with Gasteiger partial charge < -0.3 is 14.7 Å². The lowest BCUT2D eigenvalue weighted by atomic mass is 10.0. The topological polar surface area (TPSA) is 66.8 Å². The van der Waals surface area contributed by atoms with E-state index in [1.54, 1.807) is 36.2 Å². The predicted molar refractivity (Wildman–Crippen MR) is 100 cm³/mol. The van der Waals surface area contributed by atoms with Crippen LogP contribution in [-0.2, 0) is 17.8 Å². The Kier molecular flexibility index (Phi) is 6.78. The first-order valence-electron chi connectivity index (χ1n) is 8.67. The lowest BCUT2D eigenvalue weighted by Crippen LogP contribution is -2.26. The number of carboxylic acid groups (broad SMARTS) is 1. The largest absolute Gasteiger partial charge is 0.491 e. The molecule has 2 aromatic carbocycles. The molecular weight excluding hydrogens is 330 g/mol. The Labute approximate surface area is 154 Å². The number of carbonyl (C=O) groups excluding carboxylic acids is 1. The van der Waals surface area contributed by atoms with Gasteiger partial charge in [-0.05, 0) is 49.6 Å². The molecule has 5 heteroatoms. The average Bonchev–Trinajstić information content (AvgIpc) is 2.59. The van der Waals surface area contributed by atoms with E-state index in [4.69, 9.17) is 4.74 Å². The smallest absolute Gasteiger partial charge is 0.335 e. The van der Waals surface area contributed by atoms with E-state index in [0.29, 0.717) is 18.5 Å². The summed E-state index contributed by atoms with van der Waals surface area (Å²) >= 11 is 0. The van der Waals surface area contributed by atoms with Gasteiger partial charge in [-0.3, -0.25) is 4.79 Å². The molecule has 0 aliphatic carbocycles. The van der Waals surface area contributed by atoms with Crippen molar-refractivity contribution in [2.75, 3.05) is 7.05 Å². The molecule has 0 unspecified atom stereocenters. The number of aryl methyl sites for hydroxylation is 1. The van der Waals surface area contributed by atoms with Crippen LogP contribution in [0.4, 0.5) is 0 Å². The fraction of sp³-hybridized carbons (Fsp3) is 0.333. The van der Waals surface area contributed by atoms with Gasteiger partial charge in [-0.15, -0.1) is 0 Å². The van der Waals surface area contributed by atoms with Crippen molar-refractivity contribution >= 4 is 11.9 Å². The summed E-state index contributed by atoms with van der Waals surface area (Å²) in [6.45, 7) is 4.42. The number of carbonyl (C=O) groups is 2. The van der Waals surface area contributed by atoms with Crippen LogP contribution in [0.5, 0.6) is 5.75 Å². The molecule has 0 saturated heterocycles. The molecule has 0 spiro atoms. The number of hydrogen-bond acceptors (Lipinski definition) is 3. The molecule has 138 valence electrons. The van der Waals surface area contributed by atoms with Gasteiger partial charge >= 0.3 is 5.97 Å². The summed E-state index contributed by atoms with van der Waals surface area (Å²) < 4.78 is 5.68. The maximum absolute atomic E-state index is 12.4. The van der Waals surface area contributed by atoms with Gasteiger partial charge in [-0.1, -0.05) is 30.3 Å². The van der Waals surface area contributed by atoms with E-state index in [1.807, 2.05) is 38.1 Å². The molecule has 2 aromatic rings. The SMILES string of the molecule is CC(C)Oc1cccc(CN(C)C(=O)CCc2ccccc2C(=O)O)c1. The summed E-state index contributed by atoms with van der Waals surface area (Å²) in [5, 5.41) is 9.22. The van der Waals surface area contributed by atoms with Crippen molar-refractivity contribution in [3.63, 3.8) is 0 Å². The molecule has 0 radical (unpaired) electrons. The van der Waals surface area contributed by atoms with Crippen LogP contribution in [0.1, 0.15) is 41.8 Å². The third kappa shape index (κ3) is 5.62. The number of amides is 1. The maximum atomic E-state index is 12.4. The van der Waals surface area contributed by atoms with Gasteiger partial charge in [0.2, 0.25) is 5.91 Å². The molecule has 0 heterocycles. The second-order valence-corrected chi connectivity index (χ2v) is 6.53. The molecule has 0 aliphatic heterocycles. The fourth-order valence-corrected chi connectivity index (χ4v) is 2.73. The standard InChI is InChI=1S/C21H25NO4/c1-15(2)26-18-9-6-7-16(13-18)14-22(3)20(23)12-11-17-8-4-5-10-19(17)21(24)25/h4-10,13,15H,11-12,14H2,1-3H3,(H,24,25). The molecule has 1 amide bonds. The van der Waals surface area contributed by atoms with Crippen LogP contribution < -0.4 is 4.74 Å². The van der Waals surface area contributed by atoms with Gasteiger partial charge in [0.25, 0.3) is 0 Å². The van der Waals surface area contributed by atoms with E-state index in [0.717, 1.165) is 11.3 Å². The summed E-state index contributed by atoms with van der Waals surface area (Å²) in [4.78, 5) is 25.3. The third-order valence-corrected chi connectivity index (χ3v) is 3.97. The Morgan fingerprint density at radius 1 is 1.12 bits per heavy atom. The molecular formula is C21H25NO4. The second kappa shape index (κ2) is 9.04. The first kappa shape index (κ1) is 19.5. The Morgan fingerprint density at radius 3 is 2.54 bits per heavy atom. The highest BCUT2D eigenvalue weighted by Gasteiger charge is 2.13. The van der Waals surface area contributed by atoms with Crippen molar-refractivity contribution in [2.24, 2.45) is 0 Å². The van der Waals surface area contributed by atoms with Crippen LogP contribution >= 0.6 is 0 Å². The summed E-state index contributed by atoms with van der Waals surface area (Å²) in [5.74, 6) is -0.211. The van der Waals surface area contributed by atoms with Crippen molar-refractivity contribution in [3.8, 4) is 5.75 Å². The number of ether oxygens (including phenoxy) is 1. The molecule has 0 atom stereocenters. The normalized spacial score (nSPS) is 10.6. The van der Waals surface area contributed by atoms with Gasteiger partial charge in [0.05, 0.1) is 11.7 Å². The summed E-state index contributed by atoms with van der Waals surface area (Å²) in [7, 11) is 1.75. The quantitative estimate of drug-likeness (QED) is 0.783. The summed E-state index contributed by atoms with van der Waals surface area (Å²) in [6.07, 6.45) is 0.768. The number of carboxylic acids is 1. The zero-order valence-electron chi connectivity index (χ0n) is 15.4. The first-order valence-corrected chi connectivity index (χ1v) is 8.67.